The van der Waals surface area contributed by atoms with Crippen molar-refractivity contribution in [3.63, 3.8) is 0 Å². The van der Waals surface area contributed by atoms with Gasteiger partial charge in [0, 0.05) is 5.56 Å². The van der Waals surface area contributed by atoms with Crippen molar-refractivity contribution in [2.75, 3.05) is 13.7 Å². The van der Waals surface area contributed by atoms with Gasteiger partial charge in [-0.3, -0.25) is 9.59 Å². The molecule has 0 aliphatic carbocycles. The molecule has 0 saturated carbocycles. The topological polar surface area (TPSA) is 89.2 Å². The van der Waals surface area contributed by atoms with Gasteiger partial charge in [-0.05, 0) is 55.3 Å². The van der Waals surface area contributed by atoms with Gasteiger partial charge in [-0.25, -0.2) is 4.39 Å². The Hall–Kier alpha value is -4.07. The summed E-state index contributed by atoms with van der Waals surface area (Å²) in [4.78, 5) is 27.5. The summed E-state index contributed by atoms with van der Waals surface area (Å²) in [5.41, 5.74) is 0.857. The van der Waals surface area contributed by atoms with Crippen molar-refractivity contribution >= 4 is 17.4 Å². The second-order valence-corrected chi connectivity index (χ2v) is 7.81. The summed E-state index contributed by atoms with van der Waals surface area (Å²) in [7, 11) is 1.48. The van der Waals surface area contributed by atoms with Gasteiger partial charge >= 0.3 is 0 Å². The highest BCUT2D eigenvalue weighted by Gasteiger charge is 2.46. The van der Waals surface area contributed by atoms with Crippen LogP contribution in [0.3, 0.4) is 0 Å². The summed E-state index contributed by atoms with van der Waals surface area (Å²) in [6.45, 7) is 3.85. The molecule has 0 radical (unpaired) electrons. The number of aryl methyl sites for hydroxylation is 1. The lowest BCUT2D eigenvalue weighted by Crippen LogP contribution is -2.29. The van der Waals surface area contributed by atoms with Crippen LogP contribution in [0.15, 0.2) is 64.8 Å². The van der Waals surface area contributed by atoms with E-state index in [9.17, 15) is 19.1 Å². The fourth-order valence-corrected chi connectivity index (χ4v) is 3.98. The molecule has 4 rings (SSSR count). The first kappa shape index (κ1) is 23.1. The maximum absolute atomic E-state index is 14.2. The molecule has 2 heterocycles. The largest absolute Gasteiger partial charge is 0.507 e. The van der Waals surface area contributed by atoms with Gasteiger partial charge in [-0.15, -0.1) is 0 Å². The molecule has 1 saturated heterocycles. The van der Waals surface area contributed by atoms with Gasteiger partial charge in [0.25, 0.3) is 11.7 Å². The van der Waals surface area contributed by atoms with Crippen LogP contribution in [0, 0.1) is 12.7 Å². The number of ether oxygens (including phenoxy) is 2. The lowest BCUT2D eigenvalue weighted by atomic mass is 9.94. The van der Waals surface area contributed by atoms with Gasteiger partial charge < -0.3 is 23.9 Å². The van der Waals surface area contributed by atoms with E-state index in [0.717, 1.165) is 6.07 Å². The highest BCUT2D eigenvalue weighted by molar-refractivity contribution is 6.46. The number of carbonyl (C=O) groups excluding carboxylic acids is 2. The summed E-state index contributed by atoms with van der Waals surface area (Å²) in [5, 5.41) is 11.1. The average molecular weight is 465 g/mol. The van der Waals surface area contributed by atoms with Crippen molar-refractivity contribution in [3.8, 4) is 11.5 Å². The number of amides is 1. The first-order chi connectivity index (χ1) is 16.3. The molecule has 8 heteroatoms. The molecule has 0 bridgehead atoms. The Labute approximate surface area is 196 Å². The number of furan rings is 1. The van der Waals surface area contributed by atoms with E-state index in [1.54, 1.807) is 37.3 Å². The first-order valence-corrected chi connectivity index (χ1v) is 10.7. The Bertz CT molecular complexity index is 1260. The third kappa shape index (κ3) is 4.14. The molecule has 2 aromatic carbocycles. The zero-order valence-electron chi connectivity index (χ0n) is 19.0. The van der Waals surface area contributed by atoms with E-state index < -0.39 is 29.3 Å². The van der Waals surface area contributed by atoms with E-state index in [0.29, 0.717) is 35.0 Å². The number of methoxy groups -OCH3 is 1. The minimum absolute atomic E-state index is 0.00317. The van der Waals surface area contributed by atoms with E-state index in [1.807, 2.05) is 6.92 Å². The Morgan fingerprint density at radius 2 is 1.94 bits per heavy atom. The van der Waals surface area contributed by atoms with Crippen LogP contribution in [-0.2, 0) is 16.1 Å². The molecule has 1 N–H and O–H groups in total. The maximum atomic E-state index is 14.2. The average Bonchev–Trinajstić information content (AvgIpc) is 3.43. The van der Waals surface area contributed by atoms with Crippen molar-refractivity contribution in [2.24, 2.45) is 0 Å². The second kappa shape index (κ2) is 9.43. The van der Waals surface area contributed by atoms with Crippen LogP contribution in [0.4, 0.5) is 4.39 Å². The summed E-state index contributed by atoms with van der Waals surface area (Å²) in [5.74, 6) is -1.30. The van der Waals surface area contributed by atoms with Gasteiger partial charge in [0.2, 0.25) is 0 Å². The minimum Gasteiger partial charge on any atom is -0.507 e. The number of Topliss-reactive ketones (excluding diaryl/α,β-unsaturated/α-hetero) is 1. The van der Waals surface area contributed by atoms with Crippen LogP contribution in [0.2, 0.25) is 0 Å². The summed E-state index contributed by atoms with van der Waals surface area (Å²) in [6.07, 6.45) is 1.47. The molecule has 1 aromatic heterocycles. The first-order valence-electron chi connectivity index (χ1n) is 10.7. The molecule has 0 spiro atoms. The summed E-state index contributed by atoms with van der Waals surface area (Å²) >= 11 is 0. The monoisotopic (exact) mass is 465 g/mol. The number of ketones is 1. The smallest absolute Gasteiger partial charge is 0.296 e. The number of benzene rings is 2. The number of hydrogen-bond donors (Lipinski definition) is 1. The maximum Gasteiger partial charge on any atom is 0.296 e. The van der Waals surface area contributed by atoms with E-state index >= 15 is 0 Å². The van der Waals surface area contributed by atoms with Crippen LogP contribution in [0.1, 0.15) is 35.4 Å². The van der Waals surface area contributed by atoms with Gasteiger partial charge in [0.15, 0.2) is 11.5 Å². The molecule has 1 fully saturated rings. The zero-order valence-corrected chi connectivity index (χ0v) is 19.0. The Morgan fingerprint density at radius 3 is 2.59 bits per heavy atom. The van der Waals surface area contributed by atoms with Crippen molar-refractivity contribution in [3.05, 3.63) is 88.6 Å². The van der Waals surface area contributed by atoms with Crippen molar-refractivity contribution < 1.29 is 33.0 Å². The normalized spacial score (nSPS) is 17.3. The van der Waals surface area contributed by atoms with Crippen LogP contribution < -0.4 is 9.47 Å². The predicted octanol–water partition coefficient (Wildman–Crippen LogP) is 4.76. The van der Waals surface area contributed by atoms with Gasteiger partial charge in [-0.2, -0.15) is 0 Å². The van der Waals surface area contributed by atoms with E-state index in [2.05, 4.69) is 0 Å². The van der Waals surface area contributed by atoms with E-state index in [4.69, 9.17) is 13.9 Å². The third-order valence-corrected chi connectivity index (χ3v) is 5.69. The number of halogens is 1. The molecule has 3 aromatic rings. The highest BCUT2D eigenvalue weighted by Crippen LogP contribution is 2.42. The Kier molecular flexibility index (Phi) is 6.40. The Balaban J connectivity index is 1.89. The van der Waals surface area contributed by atoms with Crippen molar-refractivity contribution in [1.82, 2.24) is 4.90 Å². The number of likely N-dealkylation sites (tertiary alicyclic amines) is 1. The second-order valence-electron chi connectivity index (χ2n) is 7.81. The van der Waals surface area contributed by atoms with Gasteiger partial charge in [0.1, 0.15) is 17.3 Å². The summed E-state index contributed by atoms with van der Waals surface area (Å²) < 4.78 is 30.6. The predicted molar refractivity (Wildman–Crippen MR) is 122 cm³/mol. The molecule has 1 amide bonds. The SMILES string of the molecule is CCOc1ccc([C@H]2C(=C(O)c3ccc(C)c(F)c3)C(=O)C(=O)N2Cc2ccco2)cc1OC. The molecule has 1 atom stereocenters. The Morgan fingerprint density at radius 1 is 1.15 bits per heavy atom. The number of rotatable bonds is 7. The zero-order chi connectivity index (χ0) is 24.4. The van der Waals surface area contributed by atoms with Gasteiger partial charge in [-0.1, -0.05) is 18.2 Å². The quantitative estimate of drug-likeness (QED) is 0.308. The lowest BCUT2D eigenvalue weighted by molar-refractivity contribution is -0.140. The number of hydrogen-bond acceptors (Lipinski definition) is 6. The molecule has 1 aliphatic heterocycles. The highest BCUT2D eigenvalue weighted by atomic mass is 19.1. The molecule has 176 valence electrons. The van der Waals surface area contributed by atoms with Crippen LogP contribution in [0.5, 0.6) is 11.5 Å². The van der Waals surface area contributed by atoms with Crippen LogP contribution in [0.25, 0.3) is 5.76 Å². The van der Waals surface area contributed by atoms with Crippen molar-refractivity contribution in [2.45, 2.75) is 26.4 Å². The standard InChI is InChI=1S/C26H24FNO6/c1-4-33-20-10-9-16(13-21(20)32-3)23-22(24(29)17-8-7-15(2)19(27)12-17)25(30)26(31)28(23)14-18-6-5-11-34-18/h5-13,23,29H,4,14H2,1-3H3/t23-/m0/s1. The molecular weight excluding hydrogens is 441 g/mol. The fraction of sp³-hybridized carbons (Fsp3) is 0.231. The van der Waals surface area contributed by atoms with Crippen molar-refractivity contribution in [1.29, 1.82) is 0 Å². The fourth-order valence-electron chi connectivity index (χ4n) is 3.98. The molecule has 34 heavy (non-hydrogen) atoms. The minimum atomic E-state index is -0.959. The number of nitrogens with zero attached hydrogens (tertiary/aromatic N) is 1. The summed E-state index contributed by atoms with van der Waals surface area (Å²) in [6, 6.07) is 11.6. The lowest BCUT2D eigenvalue weighted by Gasteiger charge is -2.25. The van der Waals surface area contributed by atoms with Crippen LogP contribution >= 0.6 is 0 Å². The number of aliphatic hydroxyl groups excluding tert-OH is 1. The third-order valence-electron chi connectivity index (χ3n) is 5.69. The molecule has 7 nitrogen and oxygen atoms in total. The van der Waals surface area contributed by atoms with Crippen LogP contribution in [-0.4, -0.2) is 35.4 Å². The molecule has 1 aliphatic rings. The number of aliphatic hydroxyl groups is 1. The number of carbonyl (C=O) groups is 2. The van der Waals surface area contributed by atoms with Gasteiger partial charge in [0.05, 0.1) is 38.1 Å². The molecule has 0 unspecified atom stereocenters. The molecular formula is C26H24FNO6. The van der Waals surface area contributed by atoms with E-state index in [1.165, 1.54) is 30.4 Å². The van der Waals surface area contributed by atoms with E-state index in [-0.39, 0.29) is 17.7 Å².